The molecule has 0 fully saturated rings. The Morgan fingerprint density at radius 1 is 1.47 bits per heavy atom. The first-order valence-electron chi connectivity index (χ1n) is 6.34. The van der Waals surface area contributed by atoms with E-state index in [0.717, 1.165) is 31.6 Å². The first-order chi connectivity index (χ1) is 8.17. The summed E-state index contributed by atoms with van der Waals surface area (Å²) in [6.07, 6.45) is 3.30. The minimum atomic E-state index is -0.713. The highest BCUT2D eigenvalue weighted by Crippen LogP contribution is 2.27. The fraction of sp³-hybridized carbons (Fsp3) is 0.571. The van der Waals surface area contributed by atoms with Crippen LogP contribution in [-0.4, -0.2) is 23.9 Å². The van der Waals surface area contributed by atoms with Gasteiger partial charge in [-0.2, -0.15) is 0 Å². The highest BCUT2D eigenvalue weighted by atomic mass is 16.5. The second-order valence-corrected chi connectivity index (χ2v) is 4.82. The predicted molar refractivity (Wildman–Crippen MR) is 68.3 cm³/mol. The lowest BCUT2D eigenvalue weighted by Gasteiger charge is -2.24. The standard InChI is InChI=1S/C14H21NO2/c1-2-14(16,10-15)7-5-11-3-4-13-12(9-11)6-8-17-13/h3-4,9,16H,2,5-8,10,15H2,1H3. The molecule has 1 unspecified atom stereocenters. The zero-order valence-corrected chi connectivity index (χ0v) is 10.4. The van der Waals surface area contributed by atoms with E-state index >= 15 is 0 Å². The van der Waals surface area contributed by atoms with Crippen LogP contribution in [0.4, 0.5) is 0 Å². The quantitative estimate of drug-likeness (QED) is 0.816. The minimum Gasteiger partial charge on any atom is -0.493 e. The van der Waals surface area contributed by atoms with Crippen molar-refractivity contribution in [2.45, 2.75) is 38.2 Å². The van der Waals surface area contributed by atoms with Crippen LogP contribution in [0.3, 0.4) is 0 Å². The zero-order chi connectivity index (χ0) is 12.3. The molecule has 1 aromatic carbocycles. The predicted octanol–water partition coefficient (Wildman–Crippen LogP) is 1.65. The lowest BCUT2D eigenvalue weighted by Crippen LogP contribution is -2.37. The molecule has 3 N–H and O–H groups in total. The zero-order valence-electron chi connectivity index (χ0n) is 10.4. The van der Waals surface area contributed by atoms with Crippen LogP contribution < -0.4 is 10.5 Å². The fourth-order valence-corrected chi connectivity index (χ4v) is 2.20. The number of hydrogen-bond donors (Lipinski definition) is 2. The third-order valence-corrected chi connectivity index (χ3v) is 3.67. The third-order valence-electron chi connectivity index (χ3n) is 3.67. The van der Waals surface area contributed by atoms with Crippen molar-refractivity contribution < 1.29 is 9.84 Å². The van der Waals surface area contributed by atoms with E-state index in [1.54, 1.807) is 0 Å². The van der Waals surface area contributed by atoms with Crippen LogP contribution in [0, 0.1) is 0 Å². The lowest BCUT2D eigenvalue weighted by atomic mass is 9.92. The van der Waals surface area contributed by atoms with Gasteiger partial charge in [-0.1, -0.05) is 19.1 Å². The number of ether oxygens (including phenoxy) is 1. The summed E-state index contributed by atoms with van der Waals surface area (Å²) in [6, 6.07) is 6.30. The van der Waals surface area contributed by atoms with Gasteiger partial charge in [-0.05, 0) is 36.5 Å². The van der Waals surface area contributed by atoms with E-state index in [9.17, 15) is 5.11 Å². The van der Waals surface area contributed by atoms with Gasteiger partial charge >= 0.3 is 0 Å². The van der Waals surface area contributed by atoms with E-state index in [2.05, 4.69) is 12.1 Å². The van der Waals surface area contributed by atoms with Crippen LogP contribution in [0.15, 0.2) is 18.2 Å². The summed E-state index contributed by atoms with van der Waals surface area (Å²) in [4.78, 5) is 0. The smallest absolute Gasteiger partial charge is 0.122 e. The molecule has 1 aliphatic rings. The molecule has 0 aliphatic carbocycles. The van der Waals surface area contributed by atoms with E-state index in [1.807, 2.05) is 13.0 Å². The summed E-state index contributed by atoms with van der Waals surface area (Å²) >= 11 is 0. The summed E-state index contributed by atoms with van der Waals surface area (Å²) in [5, 5.41) is 10.1. The minimum absolute atomic E-state index is 0.331. The number of rotatable bonds is 5. The Kier molecular flexibility index (Phi) is 3.69. The van der Waals surface area contributed by atoms with E-state index < -0.39 is 5.60 Å². The molecule has 0 spiro atoms. The second-order valence-electron chi connectivity index (χ2n) is 4.82. The first kappa shape index (κ1) is 12.4. The van der Waals surface area contributed by atoms with E-state index in [-0.39, 0.29) is 0 Å². The summed E-state index contributed by atoms with van der Waals surface area (Å²) in [6.45, 7) is 3.10. The molecule has 1 atom stereocenters. The maximum Gasteiger partial charge on any atom is 0.122 e. The van der Waals surface area contributed by atoms with Crippen LogP contribution in [-0.2, 0) is 12.8 Å². The van der Waals surface area contributed by atoms with Crippen molar-refractivity contribution in [1.82, 2.24) is 0 Å². The monoisotopic (exact) mass is 235 g/mol. The van der Waals surface area contributed by atoms with Crippen molar-refractivity contribution in [3.8, 4) is 5.75 Å². The van der Waals surface area contributed by atoms with Crippen molar-refractivity contribution >= 4 is 0 Å². The average Bonchev–Trinajstić information content (AvgIpc) is 2.83. The van der Waals surface area contributed by atoms with Gasteiger partial charge in [0.05, 0.1) is 12.2 Å². The molecule has 0 saturated carbocycles. The maximum atomic E-state index is 10.1. The number of aliphatic hydroxyl groups is 1. The van der Waals surface area contributed by atoms with Crippen LogP contribution in [0.1, 0.15) is 30.9 Å². The Morgan fingerprint density at radius 3 is 3.00 bits per heavy atom. The molecule has 2 rings (SSSR count). The molecule has 17 heavy (non-hydrogen) atoms. The fourth-order valence-electron chi connectivity index (χ4n) is 2.20. The Hall–Kier alpha value is -1.06. The van der Waals surface area contributed by atoms with Crippen molar-refractivity contribution in [3.63, 3.8) is 0 Å². The highest BCUT2D eigenvalue weighted by Gasteiger charge is 2.22. The van der Waals surface area contributed by atoms with Crippen molar-refractivity contribution in [2.24, 2.45) is 5.73 Å². The molecular formula is C14H21NO2. The summed E-state index contributed by atoms with van der Waals surface area (Å²) in [5.74, 6) is 1.01. The van der Waals surface area contributed by atoms with Gasteiger partial charge in [-0.25, -0.2) is 0 Å². The molecular weight excluding hydrogens is 214 g/mol. The molecule has 3 heteroatoms. The van der Waals surface area contributed by atoms with Gasteiger partial charge in [0.15, 0.2) is 0 Å². The average molecular weight is 235 g/mol. The molecule has 1 aromatic rings. The topological polar surface area (TPSA) is 55.5 Å². The molecule has 1 aliphatic heterocycles. The largest absolute Gasteiger partial charge is 0.493 e. The van der Waals surface area contributed by atoms with Crippen LogP contribution in [0.25, 0.3) is 0 Å². The van der Waals surface area contributed by atoms with Gasteiger partial charge in [0.1, 0.15) is 5.75 Å². The normalized spacial score (nSPS) is 17.4. The molecule has 0 saturated heterocycles. The van der Waals surface area contributed by atoms with Gasteiger partial charge in [-0.15, -0.1) is 0 Å². The molecule has 0 radical (unpaired) electrons. The van der Waals surface area contributed by atoms with Crippen molar-refractivity contribution in [1.29, 1.82) is 0 Å². The van der Waals surface area contributed by atoms with E-state index in [4.69, 9.17) is 10.5 Å². The Labute approximate surface area is 103 Å². The van der Waals surface area contributed by atoms with Gasteiger partial charge in [0.2, 0.25) is 0 Å². The van der Waals surface area contributed by atoms with Crippen LogP contribution >= 0.6 is 0 Å². The van der Waals surface area contributed by atoms with Gasteiger partial charge in [-0.3, -0.25) is 0 Å². The van der Waals surface area contributed by atoms with Gasteiger partial charge < -0.3 is 15.6 Å². The van der Waals surface area contributed by atoms with Crippen LogP contribution in [0.5, 0.6) is 5.75 Å². The Balaban J connectivity index is 2.00. The number of benzene rings is 1. The molecule has 0 amide bonds. The highest BCUT2D eigenvalue weighted by molar-refractivity contribution is 5.39. The second kappa shape index (κ2) is 5.07. The molecule has 3 nitrogen and oxygen atoms in total. The molecule has 94 valence electrons. The lowest BCUT2D eigenvalue weighted by molar-refractivity contribution is 0.0367. The first-order valence-corrected chi connectivity index (χ1v) is 6.34. The van der Waals surface area contributed by atoms with Gasteiger partial charge in [0.25, 0.3) is 0 Å². The Bertz CT molecular complexity index is 386. The molecule has 0 bridgehead atoms. The SMILES string of the molecule is CCC(O)(CN)CCc1ccc2c(c1)CCO2. The third kappa shape index (κ3) is 2.79. The van der Waals surface area contributed by atoms with E-state index in [0.29, 0.717) is 13.0 Å². The number of nitrogens with two attached hydrogens (primary N) is 1. The van der Waals surface area contributed by atoms with Gasteiger partial charge in [0, 0.05) is 13.0 Å². The van der Waals surface area contributed by atoms with Crippen LogP contribution in [0.2, 0.25) is 0 Å². The van der Waals surface area contributed by atoms with E-state index in [1.165, 1.54) is 11.1 Å². The molecule has 1 heterocycles. The van der Waals surface area contributed by atoms with Crippen molar-refractivity contribution in [3.05, 3.63) is 29.3 Å². The molecule has 0 aromatic heterocycles. The summed E-state index contributed by atoms with van der Waals surface area (Å²) in [7, 11) is 0. The number of fused-ring (bicyclic) bond motifs is 1. The summed E-state index contributed by atoms with van der Waals surface area (Å²) < 4.78 is 5.47. The Morgan fingerprint density at radius 2 is 2.29 bits per heavy atom. The summed E-state index contributed by atoms with van der Waals surface area (Å²) in [5.41, 5.74) is 7.44. The number of aryl methyl sites for hydroxylation is 1. The number of hydrogen-bond acceptors (Lipinski definition) is 3. The maximum absolute atomic E-state index is 10.1. The van der Waals surface area contributed by atoms with Crippen molar-refractivity contribution in [2.75, 3.05) is 13.2 Å².